The lowest BCUT2D eigenvalue weighted by Gasteiger charge is -2.43. The van der Waals surface area contributed by atoms with E-state index in [0.717, 1.165) is 0 Å². The fourth-order valence-corrected chi connectivity index (χ4v) is 4.77. The van der Waals surface area contributed by atoms with Crippen LogP contribution >= 0.6 is 23.2 Å². The summed E-state index contributed by atoms with van der Waals surface area (Å²) < 4.78 is 5.09. The Morgan fingerprint density at radius 3 is 2.49 bits per heavy atom. The second kappa shape index (κ2) is 11.8. The predicted octanol–water partition coefficient (Wildman–Crippen LogP) is 1.73. The lowest BCUT2D eigenvalue weighted by atomic mass is 10.0. The fraction of sp³-hybridized carbons (Fsp3) is 0.522. The number of carbonyl (C=O) groups excluding carboxylic acids is 5. The van der Waals surface area contributed by atoms with Crippen molar-refractivity contribution in [3.8, 4) is 0 Å². The lowest BCUT2D eigenvalue weighted by Crippen LogP contribution is -2.64. The Morgan fingerprint density at radius 1 is 1.17 bits per heavy atom. The number of amides is 3. The van der Waals surface area contributed by atoms with E-state index in [4.69, 9.17) is 27.9 Å². The lowest BCUT2D eigenvalue weighted by molar-refractivity contribution is -0.176. The quantitative estimate of drug-likeness (QED) is 0.494. The Hall–Kier alpha value is -2.69. The molecule has 0 spiro atoms. The third-order valence-electron chi connectivity index (χ3n) is 6.14. The first-order valence-electron chi connectivity index (χ1n) is 11.4. The molecule has 10 nitrogen and oxygen atoms in total. The number of nitrogens with one attached hydrogen (secondary N) is 2. The van der Waals surface area contributed by atoms with Crippen LogP contribution in [0.1, 0.15) is 49.4 Å². The molecule has 1 aromatic carbocycles. The first kappa shape index (κ1) is 26.9. The maximum atomic E-state index is 13.2. The number of nitrogens with zero attached hydrogens (tertiary/aromatic N) is 2. The molecule has 0 saturated carbocycles. The van der Waals surface area contributed by atoms with Crippen molar-refractivity contribution in [3.05, 3.63) is 33.8 Å². The summed E-state index contributed by atoms with van der Waals surface area (Å²) in [7, 11) is 1.63. The van der Waals surface area contributed by atoms with Crippen LogP contribution in [0.4, 0.5) is 0 Å². The Morgan fingerprint density at radius 2 is 1.86 bits per heavy atom. The number of hydrogen-bond acceptors (Lipinski definition) is 7. The molecule has 3 amide bonds. The van der Waals surface area contributed by atoms with Gasteiger partial charge in [0.05, 0.1) is 27.7 Å². The highest BCUT2D eigenvalue weighted by Gasteiger charge is 2.44. The van der Waals surface area contributed by atoms with Gasteiger partial charge in [0.1, 0.15) is 6.04 Å². The van der Waals surface area contributed by atoms with Crippen LogP contribution in [0, 0.1) is 0 Å². The van der Waals surface area contributed by atoms with E-state index in [9.17, 15) is 24.0 Å². The zero-order valence-electron chi connectivity index (χ0n) is 19.5. The normalized spacial score (nSPS) is 21.1. The van der Waals surface area contributed by atoms with Gasteiger partial charge < -0.3 is 15.4 Å². The van der Waals surface area contributed by atoms with Crippen LogP contribution < -0.4 is 10.6 Å². The summed E-state index contributed by atoms with van der Waals surface area (Å²) in [6.07, 6.45) is 1.66. The topological polar surface area (TPSA) is 125 Å². The van der Waals surface area contributed by atoms with Gasteiger partial charge in [-0.3, -0.25) is 24.2 Å². The van der Waals surface area contributed by atoms with E-state index >= 15 is 0 Å². The Balaban J connectivity index is 1.67. The van der Waals surface area contributed by atoms with Crippen molar-refractivity contribution in [2.24, 2.45) is 0 Å². The molecule has 2 N–H and O–H groups in total. The number of hydrazine groups is 1. The van der Waals surface area contributed by atoms with Gasteiger partial charge in [-0.2, -0.15) is 0 Å². The highest BCUT2D eigenvalue weighted by molar-refractivity contribution is 6.39. The van der Waals surface area contributed by atoms with Crippen LogP contribution in [0.5, 0.6) is 0 Å². The summed E-state index contributed by atoms with van der Waals surface area (Å²) >= 11 is 12.0. The third kappa shape index (κ3) is 5.94. The maximum absolute atomic E-state index is 13.2. The van der Waals surface area contributed by atoms with Gasteiger partial charge in [0, 0.05) is 13.0 Å². The van der Waals surface area contributed by atoms with Crippen molar-refractivity contribution in [2.45, 2.75) is 57.2 Å². The second-order valence-corrected chi connectivity index (χ2v) is 9.16. The molecule has 2 fully saturated rings. The molecule has 0 radical (unpaired) electrons. The van der Waals surface area contributed by atoms with Gasteiger partial charge in [0.15, 0.2) is 12.4 Å². The minimum Gasteiger partial charge on any atom is -0.454 e. The van der Waals surface area contributed by atoms with Crippen LogP contribution in [0.15, 0.2) is 18.2 Å². The summed E-state index contributed by atoms with van der Waals surface area (Å²) in [5.74, 6) is -2.51. The molecule has 2 saturated heterocycles. The van der Waals surface area contributed by atoms with Crippen LogP contribution in [-0.4, -0.2) is 77.8 Å². The molecule has 0 aromatic heterocycles. The largest absolute Gasteiger partial charge is 0.454 e. The molecular formula is C23H28Cl2N4O6. The number of halogens is 2. The number of hydrogen-bond donors (Lipinski definition) is 2. The predicted molar refractivity (Wildman–Crippen MR) is 128 cm³/mol. The first-order chi connectivity index (χ1) is 16.7. The van der Waals surface area contributed by atoms with Crippen LogP contribution in [-0.2, 0) is 23.9 Å². The van der Waals surface area contributed by atoms with Gasteiger partial charge in [0.25, 0.3) is 5.91 Å². The molecule has 3 atom stereocenters. The molecule has 2 heterocycles. The molecule has 190 valence electrons. The molecule has 2 aliphatic heterocycles. The zero-order valence-corrected chi connectivity index (χ0v) is 21.0. The molecule has 35 heavy (non-hydrogen) atoms. The van der Waals surface area contributed by atoms with E-state index in [2.05, 4.69) is 10.6 Å². The highest BCUT2D eigenvalue weighted by Crippen LogP contribution is 2.26. The van der Waals surface area contributed by atoms with Crippen LogP contribution in [0.25, 0.3) is 0 Å². The molecule has 1 aromatic rings. The van der Waals surface area contributed by atoms with E-state index in [1.165, 1.54) is 22.2 Å². The zero-order chi connectivity index (χ0) is 25.7. The second-order valence-electron chi connectivity index (χ2n) is 8.35. The summed E-state index contributed by atoms with van der Waals surface area (Å²) in [4.78, 5) is 63.9. The van der Waals surface area contributed by atoms with Gasteiger partial charge in [0.2, 0.25) is 11.8 Å². The highest BCUT2D eigenvalue weighted by atomic mass is 35.5. The fourth-order valence-electron chi connectivity index (χ4n) is 4.22. The molecule has 0 bridgehead atoms. The van der Waals surface area contributed by atoms with Crippen molar-refractivity contribution in [1.82, 2.24) is 20.7 Å². The van der Waals surface area contributed by atoms with Crippen molar-refractivity contribution < 1.29 is 28.7 Å². The molecule has 3 rings (SSSR count). The molecule has 3 unspecified atom stereocenters. The number of ketones is 1. The molecule has 2 aliphatic rings. The maximum Gasteiger partial charge on any atom is 0.341 e. The number of likely N-dealkylation sites (N-methyl/N-ethyl adjacent to an activating group) is 1. The van der Waals surface area contributed by atoms with E-state index in [0.29, 0.717) is 25.8 Å². The minimum absolute atomic E-state index is 0.0496. The number of Topliss-reactive ketones (excluding diaryl/α,β-unsaturated/α-hetero) is 1. The van der Waals surface area contributed by atoms with Crippen molar-refractivity contribution in [2.75, 3.05) is 20.2 Å². The van der Waals surface area contributed by atoms with Crippen molar-refractivity contribution >= 4 is 52.7 Å². The summed E-state index contributed by atoms with van der Waals surface area (Å²) in [5, 5.41) is 8.31. The van der Waals surface area contributed by atoms with Gasteiger partial charge in [-0.25, -0.2) is 9.80 Å². The van der Waals surface area contributed by atoms with E-state index in [1.54, 1.807) is 20.0 Å². The Kier molecular flexibility index (Phi) is 9.09. The van der Waals surface area contributed by atoms with Crippen molar-refractivity contribution in [1.29, 1.82) is 0 Å². The van der Waals surface area contributed by atoms with Crippen LogP contribution in [0.3, 0.4) is 0 Å². The smallest absolute Gasteiger partial charge is 0.341 e. The van der Waals surface area contributed by atoms with Crippen LogP contribution in [0.2, 0.25) is 10.0 Å². The van der Waals surface area contributed by atoms with Gasteiger partial charge >= 0.3 is 5.97 Å². The standard InChI is InChI=1S/C23H28Cl2N4O6/c1-3-15(18(30)12-35-23(34)20-13(24)6-4-7-14(20)25)27-21(32)17-8-5-11-28-19(31)10-9-16(26-2)22(33)29(17)28/h4,6-7,15-17,26H,3,5,8-12H2,1-2H3,(H,27,32). The molecule has 0 aliphatic carbocycles. The van der Waals surface area contributed by atoms with E-state index in [-0.39, 0.29) is 40.3 Å². The number of carbonyl (C=O) groups is 5. The number of fused-ring (bicyclic) bond motifs is 1. The monoisotopic (exact) mass is 526 g/mol. The average Bonchev–Trinajstić information content (AvgIpc) is 2.96. The van der Waals surface area contributed by atoms with Crippen molar-refractivity contribution in [3.63, 3.8) is 0 Å². The van der Waals surface area contributed by atoms with Gasteiger partial charge in [-0.1, -0.05) is 36.2 Å². The number of rotatable bonds is 8. The van der Waals surface area contributed by atoms with Gasteiger partial charge in [-0.05, 0) is 44.9 Å². The van der Waals surface area contributed by atoms with E-state index < -0.39 is 42.4 Å². The first-order valence-corrected chi connectivity index (χ1v) is 12.2. The Labute approximate surface area is 213 Å². The van der Waals surface area contributed by atoms with E-state index in [1.807, 2.05) is 0 Å². The summed E-state index contributed by atoms with van der Waals surface area (Å²) in [6.45, 7) is 1.45. The third-order valence-corrected chi connectivity index (χ3v) is 6.77. The number of esters is 1. The number of benzene rings is 1. The summed E-state index contributed by atoms with van der Waals surface area (Å²) in [5.41, 5.74) is -0.0496. The van der Waals surface area contributed by atoms with Gasteiger partial charge in [-0.15, -0.1) is 0 Å². The Bertz CT molecular complexity index is 999. The average molecular weight is 527 g/mol. The summed E-state index contributed by atoms with van der Waals surface area (Å²) in [6, 6.07) is 2.05. The SMILES string of the molecule is CCC(NC(=O)C1CCCN2C(=O)CCC(NC)C(=O)N12)C(=O)COC(=O)c1c(Cl)cccc1Cl. The molecular weight excluding hydrogens is 499 g/mol. The molecule has 12 heteroatoms. The minimum atomic E-state index is -0.953. The number of ether oxygens (including phenoxy) is 1.